The Labute approximate surface area is 136 Å². The fourth-order valence-corrected chi connectivity index (χ4v) is 3.19. The summed E-state index contributed by atoms with van der Waals surface area (Å²) in [5.41, 5.74) is 0.799. The fraction of sp³-hybridized carbons (Fsp3) is 0.133. The number of thioether (sulfide) groups is 1. The SMILES string of the molecule is N#CN=C1SCCN1C(=O)c1ccc(-c2cccc(Cl)c2)o1. The summed E-state index contributed by atoms with van der Waals surface area (Å²) >= 11 is 7.33. The highest BCUT2D eigenvalue weighted by atomic mass is 35.5. The number of halogens is 1. The Bertz CT molecular complexity index is 794. The van der Waals surface area contributed by atoms with Crippen LogP contribution in [0.4, 0.5) is 0 Å². The van der Waals surface area contributed by atoms with Crippen LogP contribution in [0.15, 0.2) is 45.8 Å². The van der Waals surface area contributed by atoms with Gasteiger partial charge in [0.15, 0.2) is 10.9 Å². The molecule has 0 saturated carbocycles. The lowest BCUT2D eigenvalue weighted by molar-refractivity contribution is 0.0830. The minimum Gasteiger partial charge on any atom is -0.451 e. The maximum atomic E-state index is 12.4. The van der Waals surface area contributed by atoms with Crippen LogP contribution >= 0.6 is 23.4 Å². The first-order valence-electron chi connectivity index (χ1n) is 6.46. The van der Waals surface area contributed by atoms with Crippen LogP contribution in [0.5, 0.6) is 0 Å². The van der Waals surface area contributed by atoms with Gasteiger partial charge in [-0.3, -0.25) is 9.69 Å². The van der Waals surface area contributed by atoms with Crippen molar-refractivity contribution in [2.45, 2.75) is 0 Å². The molecule has 3 rings (SSSR count). The Morgan fingerprint density at radius 1 is 1.41 bits per heavy atom. The maximum Gasteiger partial charge on any atom is 0.295 e. The molecular weight excluding hydrogens is 322 g/mol. The van der Waals surface area contributed by atoms with Crippen LogP contribution in [0.3, 0.4) is 0 Å². The summed E-state index contributed by atoms with van der Waals surface area (Å²) in [4.78, 5) is 17.6. The first kappa shape index (κ1) is 14.7. The number of nitriles is 1. The van der Waals surface area contributed by atoms with Crippen molar-refractivity contribution in [1.29, 1.82) is 5.26 Å². The summed E-state index contributed by atoms with van der Waals surface area (Å²) in [6, 6.07) is 10.5. The van der Waals surface area contributed by atoms with Crippen LogP contribution in [0.25, 0.3) is 11.3 Å². The lowest BCUT2D eigenvalue weighted by atomic mass is 10.2. The van der Waals surface area contributed by atoms with E-state index < -0.39 is 0 Å². The van der Waals surface area contributed by atoms with Gasteiger partial charge in [0.05, 0.1) is 0 Å². The molecule has 110 valence electrons. The molecule has 1 aliphatic heterocycles. The molecule has 22 heavy (non-hydrogen) atoms. The van der Waals surface area contributed by atoms with Crippen LogP contribution in [-0.4, -0.2) is 28.3 Å². The summed E-state index contributed by atoms with van der Waals surface area (Å²) in [6.45, 7) is 0.511. The Morgan fingerprint density at radius 2 is 2.27 bits per heavy atom. The molecule has 7 heteroatoms. The first-order chi connectivity index (χ1) is 10.7. The third kappa shape index (κ3) is 2.86. The van der Waals surface area contributed by atoms with Crippen molar-refractivity contribution >= 4 is 34.4 Å². The van der Waals surface area contributed by atoms with Crippen molar-refractivity contribution in [3.8, 4) is 17.5 Å². The quantitative estimate of drug-likeness (QED) is 0.788. The van der Waals surface area contributed by atoms with Gasteiger partial charge in [-0.25, -0.2) is 0 Å². The smallest absolute Gasteiger partial charge is 0.295 e. The van der Waals surface area contributed by atoms with Gasteiger partial charge in [-0.2, -0.15) is 5.26 Å². The lowest BCUT2D eigenvalue weighted by Crippen LogP contribution is -2.31. The number of hydrogen-bond donors (Lipinski definition) is 0. The van der Waals surface area contributed by atoms with E-state index in [1.165, 1.54) is 16.7 Å². The third-order valence-electron chi connectivity index (χ3n) is 3.09. The number of amidine groups is 1. The summed E-state index contributed by atoms with van der Waals surface area (Å²) in [5, 5.41) is 9.66. The van der Waals surface area contributed by atoms with Crippen LogP contribution in [0.1, 0.15) is 10.6 Å². The van der Waals surface area contributed by atoms with Crippen LogP contribution < -0.4 is 0 Å². The second kappa shape index (κ2) is 6.26. The van der Waals surface area contributed by atoms with Crippen molar-refractivity contribution in [3.63, 3.8) is 0 Å². The number of aliphatic imine (C=N–C) groups is 1. The minimum atomic E-state index is -0.299. The van der Waals surface area contributed by atoms with E-state index in [-0.39, 0.29) is 11.7 Å². The molecule has 1 amide bonds. The molecule has 2 aromatic rings. The molecule has 5 nitrogen and oxygen atoms in total. The summed E-state index contributed by atoms with van der Waals surface area (Å²) in [6.07, 6.45) is 1.71. The predicted molar refractivity (Wildman–Crippen MR) is 85.7 cm³/mol. The van der Waals surface area contributed by atoms with E-state index in [1.807, 2.05) is 12.1 Å². The predicted octanol–water partition coefficient (Wildman–Crippen LogP) is 3.63. The van der Waals surface area contributed by atoms with Gasteiger partial charge in [0.1, 0.15) is 5.76 Å². The molecule has 1 aromatic heterocycles. The molecule has 0 radical (unpaired) electrons. The van der Waals surface area contributed by atoms with Gasteiger partial charge in [-0.1, -0.05) is 35.5 Å². The molecule has 1 aromatic carbocycles. The molecule has 0 atom stereocenters. The summed E-state index contributed by atoms with van der Waals surface area (Å²) < 4.78 is 5.63. The normalized spacial score (nSPS) is 16.0. The number of benzene rings is 1. The van der Waals surface area contributed by atoms with E-state index in [1.54, 1.807) is 30.5 Å². The van der Waals surface area contributed by atoms with Gasteiger partial charge in [0.25, 0.3) is 5.91 Å². The highest BCUT2D eigenvalue weighted by Crippen LogP contribution is 2.27. The molecular formula is C15H10ClN3O2S. The molecule has 1 saturated heterocycles. The Morgan fingerprint density at radius 3 is 3.05 bits per heavy atom. The van der Waals surface area contributed by atoms with Gasteiger partial charge in [-0.05, 0) is 24.3 Å². The first-order valence-corrected chi connectivity index (χ1v) is 7.82. The van der Waals surface area contributed by atoms with Gasteiger partial charge < -0.3 is 4.42 Å². The van der Waals surface area contributed by atoms with Crippen molar-refractivity contribution in [2.24, 2.45) is 4.99 Å². The highest BCUT2D eigenvalue weighted by molar-refractivity contribution is 8.14. The molecule has 0 unspecified atom stereocenters. The average Bonchev–Trinajstić information content (AvgIpc) is 3.16. The van der Waals surface area contributed by atoms with E-state index in [2.05, 4.69) is 4.99 Å². The van der Waals surface area contributed by atoms with Crippen molar-refractivity contribution < 1.29 is 9.21 Å². The fourth-order valence-electron chi connectivity index (χ4n) is 2.11. The van der Waals surface area contributed by atoms with Crippen LogP contribution in [0, 0.1) is 11.5 Å². The standard InChI is InChI=1S/C15H10ClN3O2S/c16-11-3-1-2-10(8-11)12-4-5-13(21-12)14(20)19-6-7-22-15(19)18-9-17/h1-5,8H,6-7H2. The number of amides is 1. The summed E-state index contributed by atoms with van der Waals surface area (Å²) in [5.74, 6) is 1.19. The van der Waals surface area contributed by atoms with E-state index in [9.17, 15) is 4.79 Å². The highest BCUT2D eigenvalue weighted by Gasteiger charge is 2.28. The minimum absolute atomic E-state index is 0.211. The van der Waals surface area contributed by atoms with E-state index >= 15 is 0 Å². The number of furan rings is 1. The maximum absolute atomic E-state index is 12.4. The second-order valence-electron chi connectivity index (χ2n) is 4.47. The topological polar surface area (TPSA) is 69.6 Å². The van der Waals surface area contributed by atoms with Crippen molar-refractivity contribution in [2.75, 3.05) is 12.3 Å². The molecule has 0 aliphatic carbocycles. The van der Waals surface area contributed by atoms with Crippen molar-refractivity contribution in [1.82, 2.24) is 4.90 Å². The van der Waals surface area contributed by atoms with Gasteiger partial charge in [0, 0.05) is 22.9 Å². The van der Waals surface area contributed by atoms with Gasteiger partial charge in [-0.15, -0.1) is 4.99 Å². The molecule has 1 aliphatic rings. The van der Waals surface area contributed by atoms with E-state index in [4.69, 9.17) is 21.3 Å². The lowest BCUT2D eigenvalue weighted by Gasteiger charge is -2.12. The molecule has 2 heterocycles. The number of carbonyl (C=O) groups excluding carboxylic acids is 1. The number of carbonyl (C=O) groups is 1. The van der Waals surface area contributed by atoms with Gasteiger partial charge >= 0.3 is 0 Å². The Balaban J connectivity index is 1.86. The second-order valence-corrected chi connectivity index (χ2v) is 5.97. The largest absolute Gasteiger partial charge is 0.451 e. The number of rotatable bonds is 2. The molecule has 1 fully saturated rings. The van der Waals surface area contributed by atoms with E-state index in [0.29, 0.717) is 28.2 Å². The molecule has 0 spiro atoms. The van der Waals surface area contributed by atoms with E-state index in [0.717, 1.165) is 5.56 Å². The molecule has 0 N–H and O–H groups in total. The molecule has 0 bridgehead atoms. The zero-order valence-electron chi connectivity index (χ0n) is 11.3. The Kier molecular flexibility index (Phi) is 4.18. The van der Waals surface area contributed by atoms with Crippen LogP contribution in [-0.2, 0) is 0 Å². The Hall–Kier alpha value is -2.23. The summed E-state index contributed by atoms with van der Waals surface area (Å²) in [7, 11) is 0. The average molecular weight is 332 g/mol. The zero-order chi connectivity index (χ0) is 15.5. The third-order valence-corrected chi connectivity index (χ3v) is 4.29. The van der Waals surface area contributed by atoms with Crippen LogP contribution in [0.2, 0.25) is 5.02 Å². The zero-order valence-corrected chi connectivity index (χ0v) is 12.9. The monoisotopic (exact) mass is 331 g/mol. The number of nitrogens with zero attached hydrogens (tertiary/aromatic N) is 3. The van der Waals surface area contributed by atoms with Gasteiger partial charge in [0.2, 0.25) is 6.19 Å². The van der Waals surface area contributed by atoms with Crippen molar-refractivity contribution in [3.05, 3.63) is 47.2 Å². The number of hydrogen-bond acceptors (Lipinski definition) is 5.